The molecule has 8 heteroatoms. The molecule has 7 nitrogen and oxygen atoms in total. The van der Waals surface area contributed by atoms with E-state index in [2.05, 4.69) is 36.6 Å². The van der Waals surface area contributed by atoms with Crippen molar-refractivity contribution in [1.82, 2.24) is 19.9 Å². The van der Waals surface area contributed by atoms with Gasteiger partial charge in [-0.2, -0.15) is 0 Å². The van der Waals surface area contributed by atoms with Crippen molar-refractivity contribution in [3.8, 4) is 0 Å². The summed E-state index contributed by atoms with van der Waals surface area (Å²) in [6, 6.07) is 16.1. The van der Waals surface area contributed by atoms with Crippen LogP contribution >= 0.6 is 11.3 Å². The Kier molecular flexibility index (Phi) is 4.40. The molecule has 0 radical (unpaired) electrons. The largest absolute Gasteiger partial charge is 0.393 e. The van der Waals surface area contributed by atoms with E-state index < -0.39 is 0 Å². The quantitative estimate of drug-likeness (QED) is 0.366. The molecule has 5 rings (SSSR count). The second-order valence-electron chi connectivity index (χ2n) is 7.01. The van der Waals surface area contributed by atoms with Crippen LogP contribution in [0.5, 0.6) is 0 Å². The van der Waals surface area contributed by atoms with Crippen LogP contribution < -0.4 is 16.4 Å². The maximum atomic E-state index is 6.38. The van der Waals surface area contributed by atoms with Crippen molar-refractivity contribution < 1.29 is 0 Å². The fraction of sp³-hybridized carbons (Fsp3) is 0.0909. The van der Waals surface area contributed by atoms with Crippen LogP contribution in [-0.2, 0) is 0 Å². The number of para-hydroxylation sites is 2. The molecule has 0 saturated carbocycles. The summed E-state index contributed by atoms with van der Waals surface area (Å²) in [6.45, 7) is 4.02. The van der Waals surface area contributed by atoms with E-state index in [1.54, 1.807) is 11.3 Å². The Morgan fingerprint density at radius 1 is 0.833 bits per heavy atom. The second kappa shape index (κ2) is 7.23. The molecule has 3 aromatic heterocycles. The molecule has 0 saturated heterocycles. The zero-order valence-corrected chi connectivity index (χ0v) is 17.3. The van der Waals surface area contributed by atoms with Gasteiger partial charge in [0.15, 0.2) is 16.8 Å². The zero-order chi connectivity index (χ0) is 20.7. The van der Waals surface area contributed by atoms with E-state index in [0.717, 1.165) is 43.2 Å². The van der Waals surface area contributed by atoms with Crippen LogP contribution in [0.2, 0.25) is 0 Å². The van der Waals surface area contributed by atoms with Crippen LogP contribution in [0.3, 0.4) is 0 Å². The minimum absolute atomic E-state index is 0.415. The van der Waals surface area contributed by atoms with E-state index in [4.69, 9.17) is 5.73 Å². The maximum absolute atomic E-state index is 6.38. The number of aryl methyl sites for hydroxylation is 2. The minimum Gasteiger partial charge on any atom is -0.393 e. The smallest absolute Gasteiger partial charge is 0.189 e. The number of nitrogens with one attached hydrogen (secondary N) is 2. The van der Waals surface area contributed by atoms with E-state index in [1.165, 1.54) is 6.33 Å². The predicted molar refractivity (Wildman–Crippen MR) is 124 cm³/mol. The van der Waals surface area contributed by atoms with Gasteiger partial charge in [0, 0.05) is 11.1 Å². The van der Waals surface area contributed by atoms with E-state index in [1.807, 2.05) is 56.3 Å². The Hall–Kier alpha value is -3.78. The van der Waals surface area contributed by atoms with Gasteiger partial charge in [-0.25, -0.2) is 15.0 Å². The third kappa shape index (κ3) is 3.27. The number of nitrogens with zero attached hydrogens (tertiary/aromatic N) is 4. The third-order valence-electron chi connectivity index (χ3n) is 4.84. The molecule has 5 aromatic rings. The lowest BCUT2D eigenvalue weighted by molar-refractivity contribution is 1.17. The van der Waals surface area contributed by atoms with Gasteiger partial charge in [-0.15, -0.1) is 0 Å². The SMILES string of the molecule is Cc1ccc2cccc(Nc3ncnc(Nc4nc5c(C)cccc5s4)c3N)c2n1. The summed E-state index contributed by atoms with van der Waals surface area (Å²) in [5.74, 6) is 1.02. The van der Waals surface area contributed by atoms with Crippen LogP contribution in [0, 0.1) is 13.8 Å². The molecule has 0 fully saturated rings. The van der Waals surface area contributed by atoms with Crippen molar-refractivity contribution in [3.05, 3.63) is 66.1 Å². The van der Waals surface area contributed by atoms with Crippen molar-refractivity contribution in [3.63, 3.8) is 0 Å². The Bertz CT molecular complexity index is 1390. The number of nitrogen functional groups attached to an aromatic ring is 1. The molecule has 3 heterocycles. The summed E-state index contributed by atoms with van der Waals surface area (Å²) in [4.78, 5) is 18.0. The highest BCUT2D eigenvalue weighted by Crippen LogP contribution is 2.33. The predicted octanol–water partition coefficient (Wildman–Crippen LogP) is 5.32. The molecule has 0 aliphatic heterocycles. The van der Waals surface area contributed by atoms with Gasteiger partial charge >= 0.3 is 0 Å². The van der Waals surface area contributed by atoms with E-state index >= 15 is 0 Å². The van der Waals surface area contributed by atoms with Gasteiger partial charge in [-0.3, -0.25) is 4.98 Å². The van der Waals surface area contributed by atoms with Gasteiger partial charge in [-0.05, 0) is 37.6 Å². The number of thiazole rings is 1. The van der Waals surface area contributed by atoms with Crippen molar-refractivity contribution in [1.29, 1.82) is 0 Å². The standard InChI is InChI=1S/C22H19N7S/c1-12-5-3-8-16-18(12)28-22(30-16)29-21-17(23)20(24-11-25-21)27-15-7-4-6-14-10-9-13(2)26-19(14)15/h3-11H,23H2,1-2H3,(H2,24,25,27,28,29). The Morgan fingerprint density at radius 2 is 1.63 bits per heavy atom. The number of nitrogens with two attached hydrogens (primary N) is 1. The number of hydrogen-bond donors (Lipinski definition) is 3. The zero-order valence-electron chi connectivity index (χ0n) is 16.5. The van der Waals surface area contributed by atoms with Crippen molar-refractivity contribution >= 4 is 60.6 Å². The first-order valence-electron chi connectivity index (χ1n) is 9.45. The molecular formula is C22H19N7S. The van der Waals surface area contributed by atoms with E-state index in [0.29, 0.717) is 17.3 Å². The molecule has 0 atom stereocenters. The first-order chi connectivity index (χ1) is 14.6. The first-order valence-corrected chi connectivity index (χ1v) is 10.3. The van der Waals surface area contributed by atoms with Crippen LogP contribution in [0.25, 0.3) is 21.1 Å². The van der Waals surface area contributed by atoms with Gasteiger partial charge in [0.25, 0.3) is 0 Å². The van der Waals surface area contributed by atoms with E-state index in [9.17, 15) is 0 Å². The fourth-order valence-corrected chi connectivity index (χ4v) is 4.25. The second-order valence-corrected chi connectivity index (χ2v) is 8.04. The highest BCUT2D eigenvalue weighted by atomic mass is 32.1. The number of rotatable bonds is 4. The number of fused-ring (bicyclic) bond motifs is 2. The molecule has 30 heavy (non-hydrogen) atoms. The summed E-state index contributed by atoms with van der Waals surface area (Å²) in [5, 5.41) is 8.32. The highest BCUT2D eigenvalue weighted by molar-refractivity contribution is 7.22. The maximum Gasteiger partial charge on any atom is 0.189 e. The molecule has 4 N–H and O–H groups in total. The molecule has 0 spiro atoms. The normalized spacial score (nSPS) is 11.1. The number of anilines is 5. The van der Waals surface area contributed by atoms with Crippen LogP contribution in [-0.4, -0.2) is 19.9 Å². The Morgan fingerprint density at radius 3 is 2.47 bits per heavy atom. The van der Waals surface area contributed by atoms with Crippen molar-refractivity contribution in [2.75, 3.05) is 16.4 Å². The summed E-state index contributed by atoms with van der Waals surface area (Å²) < 4.78 is 1.11. The molecule has 0 aliphatic rings. The Labute approximate surface area is 177 Å². The van der Waals surface area contributed by atoms with Crippen molar-refractivity contribution in [2.24, 2.45) is 0 Å². The molecule has 2 aromatic carbocycles. The van der Waals surface area contributed by atoms with Gasteiger partial charge in [0.2, 0.25) is 0 Å². The molecule has 0 aliphatic carbocycles. The average Bonchev–Trinajstić information content (AvgIpc) is 3.15. The van der Waals surface area contributed by atoms with E-state index in [-0.39, 0.29) is 0 Å². The van der Waals surface area contributed by atoms with Gasteiger partial charge in [0.05, 0.1) is 21.4 Å². The average molecular weight is 414 g/mol. The monoisotopic (exact) mass is 413 g/mol. The lowest BCUT2D eigenvalue weighted by atomic mass is 10.1. The summed E-state index contributed by atoms with van der Waals surface area (Å²) in [5.41, 5.74) is 11.6. The van der Waals surface area contributed by atoms with Crippen molar-refractivity contribution in [2.45, 2.75) is 13.8 Å². The summed E-state index contributed by atoms with van der Waals surface area (Å²) in [7, 11) is 0. The fourth-order valence-electron chi connectivity index (χ4n) is 3.31. The third-order valence-corrected chi connectivity index (χ3v) is 5.78. The van der Waals surface area contributed by atoms with Crippen LogP contribution in [0.15, 0.2) is 54.9 Å². The highest BCUT2D eigenvalue weighted by Gasteiger charge is 2.13. The number of aromatic nitrogens is 4. The Balaban J connectivity index is 1.49. The van der Waals surface area contributed by atoms with Gasteiger partial charge in [-0.1, -0.05) is 41.7 Å². The molecule has 0 unspecified atom stereocenters. The first kappa shape index (κ1) is 18.3. The van der Waals surface area contributed by atoms with Gasteiger partial charge < -0.3 is 16.4 Å². The molecular weight excluding hydrogens is 394 g/mol. The molecule has 148 valence electrons. The number of hydrogen-bond acceptors (Lipinski definition) is 8. The summed E-state index contributed by atoms with van der Waals surface area (Å²) in [6.07, 6.45) is 1.48. The molecule has 0 bridgehead atoms. The van der Waals surface area contributed by atoms with Crippen LogP contribution in [0.1, 0.15) is 11.3 Å². The van der Waals surface area contributed by atoms with Gasteiger partial charge in [0.1, 0.15) is 12.0 Å². The lowest BCUT2D eigenvalue weighted by Gasteiger charge is -2.13. The topological polar surface area (TPSA) is 102 Å². The lowest BCUT2D eigenvalue weighted by Crippen LogP contribution is -2.05. The minimum atomic E-state index is 0.415. The van der Waals surface area contributed by atoms with Crippen LogP contribution in [0.4, 0.5) is 28.1 Å². The number of pyridine rings is 1. The number of benzene rings is 2. The molecule has 0 amide bonds. The summed E-state index contributed by atoms with van der Waals surface area (Å²) >= 11 is 1.56.